The van der Waals surface area contributed by atoms with Crippen molar-refractivity contribution in [2.75, 3.05) is 31.6 Å². The van der Waals surface area contributed by atoms with Crippen molar-refractivity contribution in [3.8, 4) is 0 Å². The molecule has 0 bridgehead atoms. The Morgan fingerprint density at radius 3 is 3.14 bits per heavy atom. The van der Waals surface area contributed by atoms with E-state index in [1.165, 1.54) is 6.07 Å². The van der Waals surface area contributed by atoms with Gasteiger partial charge in [-0.05, 0) is 18.2 Å². The highest BCUT2D eigenvalue weighted by atomic mass is 16.6. The van der Waals surface area contributed by atoms with E-state index < -0.39 is 4.92 Å². The van der Waals surface area contributed by atoms with Crippen LogP contribution in [0.1, 0.15) is 0 Å². The third-order valence-corrected chi connectivity index (χ3v) is 3.47. The van der Waals surface area contributed by atoms with Crippen LogP contribution in [0.25, 0.3) is 10.9 Å². The first-order valence-corrected chi connectivity index (χ1v) is 6.84. The summed E-state index contributed by atoms with van der Waals surface area (Å²) < 4.78 is 5.62. The van der Waals surface area contributed by atoms with Gasteiger partial charge in [-0.1, -0.05) is 0 Å². The Morgan fingerprint density at radius 1 is 1.48 bits per heavy atom. The fourth-order valence-electron chi connectivity index (χ4n) is 2.43. The molecule has 1 aliphatic rings. The van der Waals surface area contributed by atoms with Gasteiger partial charge < -0.3 is 15.4 Å². The van der Waals surface area contributed by atoms with E-state index in [-0.39, 0.29) is 11.8 Å². The van der Waals surface area contributed by atoms with Crippen LogP contribution in [-0.4, -0.2) is 42.3 Å². The molecule has 2 N–H and O–H groups in total. The highest BCUT2D eigenvalue weighted by Gasteiger charge is 2.17. The third kappa shape index (κ3) is 2.93. The van der Waals surface area contributed by atoms with Crippen molar-refractivity contribution in [2.24, 2.45) is 0 Å². The normalized spacial score (nSPS) is 18.6. The summed E-state index contributed by atoms with van der Waals surface area (Å²) in [5.74, 6) is 0. The van der Waals surface area contributed by atoms with Crippen LogP contribution in [-0.2, 0) is 4.74 Å². The molecule has 0 saturated carbocycles. The number of hydrogen-bond donors (Lipinski definition) is 2. The Morgan fingerprint density at radius 2 is 2.38 bits per heavy atom. The zero-order valence-electron chi connectivity index (χ0n) is 11.4. The van der Waals surface area contributed by atoms with Gasteiger partial charge in [0, 0.05) is 43.0 Å². The van der Waals surface area contributed by atoms with Crippen molar-refractivity contribution in [3.63, 3.8) is 0 Å². The molecule has 1 saturated heterocycles. The third-order valence-electron chi connectivity index (χ3n) is 3.47. The number of anilines is 1. The second-order valence-corrected chi connectivity index (χ2v) is 4.87. The van der Waals surface area contributed by atoms with Crippen LogP contribution < -0.4 is 10.6 Å². The van der Waals surface area contributed by atoms with Gasteiger partial charge in [0.05, 0.1) is 17.6 Å². The van der Waals surface area contributed by atoms with E-state index in [0.29, 0.717) is 18.7 Å². The van der Waals surface area contributed by atoms with Crippen molar-refractivity contribution in [3.05, 3.63) is 40.6 Å². The minimum atomic E-state index is -0.409. The molecule has 0 aliphatic carbocycles. The van der Waals surface area contributed by atoms with Crippen molar-refractivity contribution < 1.29 is 9.66 Å². The highest BCUT2D eigenvalue weighted by Crippen LogP contribution is 2.29. The first kappa shape index (κ1) is 13.7. The smallest absolute Gasteiger partial charge is 0.295 e. The molecule has 1 atom stereocenters. The van der Waals surface area contributed by atoms with Crippen LogP contribution in [0.4, 0.5) is 11.4 Å². The summed E-state index contributed by atoms with van der Waals surface area (Å²) in [6.45, 7) is 3.03. The standard InChI is InChI=1S/C14H16N4O3/c19-18(20)13-4-3-12(11-2-1-5-16-14(11)13)17-9-10-8-15-6-7-21-10/h1-5,10,15,17H,6-9H2. The fraction of sp³-hybridized carbons (Fsp3) is 0.357. The maximum absolute atomic E-state index is 11.0. The van der Waals surface area contributed by atoms with Gasteiger partial charge in [0.15, 0.2) is 0 Å². The maximum Gasteiger partial charge on any atom is 0.295 e. The van der Waals surface area contributed by atoms with Gasteiger partial charge in [0.25, 0.3) is 5.69 Å². The number of aromatic nitrogens is 1. The van der Waals surface area contributed by atoms with E-state index in [1.54, 1.807) is 18.3 Å². The zero-order chi connectivity index (χ0) is 14.7. The summed E-state index contributed by atoms with van der Waals surface area (Å²) in [6, 6.07) is 6.81. The number of fused-ring (bicyclic) bond motifs is 1. The predicted octanol–water partition coefficient (Wildman–Crippen LogP) is 1.54. The number of hydrogen-bond acceptors (Lipinski definition) is 6. The highest BCUT2D eigenvalue weighted by molar-refractivity contribution is 5.96. The number of nitrogens with zero attached hydrogens (tertiary/aromatic N) is 2. The average molecular weight is 288 g/mol. The molecule has 110 valence electrons. The molecule has 3 rings (SSSR count). The molecular weight excluding hydrogens is 272 g/mol. The van der Waals surface area contributed by atoms with Gasteiger partial charge in [-0.25, -0.2) is 4.98 Å². The monoisotopic (exact) mass is 288 g/mol. The minimum absolute atomic E-state index is 0.0201. The maximum atomic E-state index is 11.0. The second-order valence-electron chi connectivity index (χ2n) is 4.87. The SMILES string of the molecule is O=[N+]([O-])c1ccc(NCC2CNCCO2)c2cccnc12. The molecule has 2 aromatic rings. The van der Waals surface area contributed by atoms with Crippen molar-refractivity contribution in [1.82, 2.24) is 10.3 Å². The fourth-order valence-corrected chi connectivity index (χ4v) is 2.43. The largest absolute Gasteiger partial charge is 0.382 e. The molecule has 1 unspecified atom stereocenters. The summed E-state index contributed by atoms with van der Waals surface area (Å²) in [6.07, 6.45) is 1.66. The molecule has 7 heteroatoms. The van der Waals surface area contributed by atoms with Gasteiger partial charge in [0.1, 0.15) is 5.52 Å². The first-order chi connectivity index (χ1) is 10.3. The second kappa shape index (κ2) is 6.02. The van der Waals surface area contributed by atoms with Crippen LogP contribution >= 0.6 is 0 Å². The first-order valence-electron chi connectivity index (χ1n) is 6.84. The lowest BCUT2D eigenvalue weighted by atomic mass is 10.1. The Bertz CT molecular complexity index is 656. The van der Waals surface area contributed by atoms with E-state index in [2.05, 4.69) is 15.6 Å². The molecule has 0 amide bonds. The lowest BCUT2D eigenvalue weighted by molar-refractivity contribution is -0.383. The summed E-state index contributed by atoms with van der Waals surface area (Å²) >= 11 is 0. The predicted molar refractivity (Wildman–Crippen MR) is 79.5 cm³/mol. The van der Waals surface area contributed by atoms with Crippen LogP contribution in [0.3, 0.4) is 0 Å². The number of ether oxygens (including phenoxy) is 1. The molecule has 1 aliphatic heterocycles. The van der Waals surface area contributed by atoms with Crippen LogP contribution in [0.5, 0.6) is 0 Å². The number of benzene rings is 1. The average Bonchev–Trinajstić information content (AvgIpc) is 2.53. The van der Waals surface area contributed by atoms with Gasteiger partial charge >= 0.3 is 0 Å². The Kier molecular flexibility index (Phi) is 3.94. The molecule has 21 heavy (non-hydrogen) atoms. The van der Waals surface area contributed by atoms with Crippen LogP contribution in [0.15, 0.2) is 30.5 Å². The van der Waals surface area contributed by atoms with Gasteiger partial charge in [0.2, 0.25) is 0 Å². The van der Waals surface area contributed by atoms with Crippen molar-refractivity contribution in [1.29, 1.82) is 0 Å². The van der Waals surface area contributed by atoms with Crippen LogP contribution in [0.2, 0.25) is 0 Å². The van der Waals surface area contributed by atoms with E-state index in [1.807, 2.05) is 6.07 Å². The quantitative estimate of drug-likeness (QED) is 0.655. The number of non-ortho nitro benzene ring substituents is 1. The number of nitro benzene ring substituents is 1. The number of rotatable bonds is 4. The molecular formula is C14H16N4O3. The number of nitrogens with one attached hydrogen (secondary N) is 2. The molecule has 2 heterocycles. The Labute approximate surface area is 121 Å². The molecule has 7 nitrogen and oxygen atoms in total. The molecule has 1 aromatic carbocycles. The lowest BCUT2D eigenvalue weighted by Crippen LogP contribution is -2.42. The molecule has 0 radical (unpaired) electrons. The lowest BCUT2D eigenvalue weighted by Gasteiger charge is -2.24. The zero-order valence-corrected chi connectivity index (χ0v) is 11.4. The summed E-state index contributed by atoms with van der Waals surface area (Å²) in [4.78, 5) is 14.8. The Balaban J connectivity index is 1.85. The Hall–Kier alpha value is -2.25. The van der Waals surface area contributed by atoms with Gasteiger partial charge in [-0.2, -0.15) is 0 Å². The topological polar surface area (TPSA) is 89.3 Å². The van der Waals surface area contributed by atoms with E-state index in [0.717, 1.165) is 24.2 Å². The van der Waals surface area contributed by atoms with E-state index in [4.69, 9.17) is 4.74 Å². The number of morpholine rings is 1. The van der Waals surface area contributed by atoms with Crippen molar-refractivity contribution >= 4 is 22.3 Å². The van der Waals surface area contributed by atoms with Gasteiger partial charge in [-0.15, -0.1) is 0 Å². The van der Waals surface area contributed by atoms with Crippen molar-refractivity contribution in [2.45, 2.75) is 6.10 Å². The van der Waals surface area contributed by atoms with E-state index >= 15 is 0 Å². The van der Waals surface area contributed by atoms with Crippen LogP contribution in [0, 0.1) is 10.1 Å². The minimum Gasteiger partial charge on any atom is -0.382 e. The number of pyridine rings is 1. The van der Waals surface area contributed by atoms with Gasteiger partial charge in [-0.3, -0.25) is 10.1 Å². The van der Waals surface area contributed by atoms with E-state index in [9.17, 15) is 10.1 Å². The molecule has 0 spiro atoms. The summed E-state index contributed by atoms with van der Waals surface area (Å²) in [5, 5.41) is 18.4. The molecule has 1 fully saturated rings. The molecule has 1 aromatic heterocycles. The number of nitro groups is 1. The summed E-state index contributed by atoms with van der Waals surface area (Å²) in [5.41, 5.74) is 1.25. The summed E-state index contributed by atoms with van der Waals surface area (Å²) in [7, 11) is 0.